The maximum atomic E-state index is 12.4. The number of fused-ring (bicyclic) bond motifs is 1. The van der Waals surface area contributed by atoms with Crippen molar-refractivity contribution in [2.75, 3.05) is 31.5 Å². The second kappa shape index (κ2) is 10.4. The third-order valence-corrected chi connectivity index (χ3v) is 6.34. The molecule has 3 rings (SSSR count). The van der Waals surface area contributed by atoms with Gasteiger partial charge in [-0.1, -0.05) is 11.6 Å². The van der Waals surface area contributed by atoms with Gasteiger partial charge < -0.3 is 20.9 Å². The SMILES string of the molecule is CCN(CC)C(=O)CC[C@@H]1CNC(=O)[C@@H]2C[C@H](NC(=S)Nc3ccc(Cl)cc3)CN12. The minimum Gasteiger partial charge on any atom is -0.358 e. The van der Waals surface area contributed by atoms with Gasteiger partial charge >= 0.3 is 0 Å². The van der Waals surface area contributed by atoms with Crippen LogP contribution in [0, 0.1) is 0 Å². The van der Waals surface area contributed by atoms with E-state index in [0.29, 0.717) is 29.5 Å². The lowest BCUT2D eigenvalue weighted by atomic mass is 10.0. The van der Waals surface area contributed by atoms with E-state index in [1.807, 2.05) is 30.9 Å². The van der Waals surface area contributed by atoms with Crippen LogP contribution in [0.15, 0.2) is 24.3 Å². The summed E-state index contributed by atoms with van der Waals surface area (Å²) in [5.41, 5.74) is 0.859. The number of benzene rings is 1. The largest absolute Gasteiger partial charge is 0.358 e. The predicted octanol–water partition coefficient (Wildman–Crippen LogP) is 2.22. The molecule has 0 radical (unpaired) electrons. The molecule has 0 aliphatic carbocycles. The molecule has 30 heavy (non-hydrogen) atoms. The number of anilines is 1. The van der Waals surface area contributed by atoms with Crippen LogP contribution < -0.4 is 16.0 Å². The monoisotopic (exact) mass is 451 g/mol. The van der Waals surface area contributed by atoms with Crippen molar-refractivity contribution in [3.63, 3.8) is 0 Å². The fourth-order valence-corrected chi connectivity index (χ4v) is 4.67. The first-order valence-corrected chi connectivity index (χ1v) is 11.3. The highest BCUT2D eigenvalue weighted by atomic mass is 35.5. The molecule has 0 unspecified atom stereocenters. The lowest BCUT2D eigenvalue weighted by Crippen LogP contribution is -2.58. The topological polar surface area (TPSA) is 76.7 Å². The minimum atomic E-state index is -0.178. The number of halogens is 1. The number of piperazine rings is 1. The summed E-state index contributed by atoms with van der Waals surface area (Å²) in [7, 11) is 0. The van der Waals surface area contributed by atoms with Crippen LogP contribution in [0.2, 0.25) is 5.02 Å². The standard InChI is InChI=1S/C21H30ClN5O2S/c1-3-26(4-2)19(28)10-9-17-12-23-20(29)18-11-16(13-27(17)18)25-21(30)24-15-7-5-14(22)6-8-15/h5-8,16-18H,3-4,9-13H2,1-2H3,(H,23,29)(H2,24,25,30)/t16-,17+,18-/m0/s1. The van der Waals surface area contributed by atoms with Gasteiger partial charge in [-0.05, 0) is 63.2 Å². The summed E-state index contributed by atoms with van der Waals surface area (Å²) in [5.74, 6) is 0.234. The van der Waals surface area contributed by atoms with Crippen molar-refractivity contribution < 1.29 is 9.59 Å². The number of carbonyl (C=O) groups excluding carboxylic acids is 2. The zero-order chi connectivity index (χ0) is 21.7. The van der Waals surface area contributed by atoms with Gasteiger partial charge in [-0.3, -0.25) is 14.5 Å². The maximum absolute atomic E-state index is 12.4. The fourth-order valence-electron chi connectivity index (χ4n) is 4.26. The van der Waals surface area contributed by atoms with Crippen molar-refractivity contribution in [3.05, 3.63) is 29.3 Å². The van der Waals surface area contributed by atoms with Gasteiger partial charge in [0.1, 0.15) is 0 Å². The van der Waals surface area contributed by atoms with Crippen LogP contribution in [0.25, 0.3) is 0 Å². The first-order valence-electron chi connectivity index (χ1n) is 10.6. The Morgan fingerprint density at radius 3 is 2.67 bits per heavy atom. The molecule has 1 aromatic carbocycles. The zero-order valence-corrected chi connectivity index (χ0v) is 19.1. The summed E-state index contributed by atoms with van der Waals surface area (Å²) in [6.07, 6.45) is 1.93. The van der Waals surface area contributed by atoms with Crippen LogP contribution >= 0.6 is 23.8 Å². The van der Waals surface area contributed by atoms with Gasteiger partial charge in [0.15, 0.2) is 5.11 Å². The molecule has 164 valence electrons. The molecule has 0 spiro atoms. The number of carbonyl (C=O) groups is 2. The van der Waals surface area contributed by atoms with Gasteiger partial charge in [-0.25, -0.2) is 0 Å². The summed E-state index contributed by atoms with van der Waals surface area (Å²) >= 11 is 11.4. The number of nitrogens with one attached hydrogen (secondary N) is 3. The van der Waals surface area contributed by atoms with E-state index in [-0.39, 0.29) is 29.9 Å². The molecule has 0 saturated carbocycles. The molecule has 1 aromatic rings. The Morgan fingerprint density at radius 1 is 1.30 bits per heavy atom. The first-order chi connectivity index (χ1) is 14.4. The average Bonchev–Trinajstić information content (AvgIpc) is 3.14. The van der Waals surface area contributed by atoms with Crippen molar-refractivity contribution in [1.82, 2.24) is 20.4 Å². The van der Waals surface area contributed by atoms with E-state index in [0.717, 1.165) is 31.7 Å². The highest BCUT2D eigenvalue weighted by molar-refractivity contribution is 7.80. The molecule has 2 aliphatic rings. The van der Waals surface area contributed by atoms with Crippen molar-refractivity contribution in [2.45, 2.75) is 51.2 Å². The molecule has 2 saturated heterocycles. The van der Waals surface area contributed by atoms with Gasteiger partial charge in [0.25, 0.3) is 0 Å². The highest BCUT2D eigenvalue weighted by Crippen LogP contribution is 2.26. The summed E-state index contributed by atoms with van der Waals surface area (Å²) in [5, 5.41) is 10.7. The van der Waals surface area contributed by atoms with Gasteiger partial charge in [-0.2, -0.15) is 0 Å². The fraction of sp³-hybridized carbons (Fsp3) is 0.571. The van der Waals surface area contributed by atoms with Crippen LogP contribution in [0.3, 0.4) is 0 Å². The number of nitrogens with zero attached hydrogens (tertiary/aromatic N) is 2. The Labute approximate surface area is 188 Å². The summed E-state index contributed by atoms with van der Waals surface area (Å²) < 4.78 is 0. The maximum Gasteiger partial charge on any atom is 0.237 e. The predicted molar refractivity (Wildman–Crippen MR) is 124 cm³/mol. The van der Waals surface area contributed by atoms with Crippen molar-refractivity contribution in [2.24, 2.45) is 0 Å². The molecule has 3 atom stereocenters. The zero-order valence-electron chi connectivity index (χ0n) is 17.5. The first kappa shape index (κ1) is 22.8. The normalized spacial score (nSPS) is 23.4. The second-order valence-electron chi connectivity index (χ2n) is 7.75. The number of hydrogen-bond acceptors (Lipinski definition) is 4. The van der Waals surface area contributed by atoms with Crippen LogP contribution in [0.5, 0.6) is 0 Å². The van der Waals surface area contributed by atoms with E-state index in [2.05, 4.69) is 20.9 Å². The molecule has 3 N–H and O–H groups in total. The third kappa shape index (κ3) is 5.62. The molecule has 2 heterocycles. The van der Waals surface area contributed by atoms with Crippen molar-refractivity contribution >= 4 is 46.4 Å². The van der Waals surface area contributed by atoms with Gasteiger partial charge in [0.2, 0.25) is 11.8 Å². The summed E-state index contributed by atoms with van der Waals surface area (Å²) in [6.45, 7) is 6.76. The number of rotatable bonds is 7. The summed E-state index contributed by atoms with van der Waals surface area (Å²) in [4.78, 5) is 28.9. The Morgan fingerprint density at radius 2 is 2.00 bits per heavy atom. The quantitative estimate of drug-likeness (QED) is 0.552. The smallest absolute Gasteiger partial charge is 0.237 e. The highest BCUT2D eigenvalue weighted by Gasteiger charge is 2.43. The molecule has 0 bridgehead atoms. The van der Waals surface area contributed by atoms with Crippen LogP contribution in [-0.2, 0) is 9.59 Å². The molecular weight excluding hydrogens is 422 g/mol. The lowest BCUT2D eigenvalue weighted by Gasteiger charge is -2.37. The Balaban J connectivity index is 1.54. The third-order valence-electron chi connectivity index (χ3n) is 5.87. The average molecular weight is 452 g/mol. The van der Waals surface area contributed by atoms with E-state index >= 15 is 0 Å². The van der Waals surface area contributed by atoms with Gasteiger partial charge in [0.05, 0.1) is 6.04 Å². The second-order valence-corrected chi connectivity index (χ2v) is 8.60. The Hall–Kier alpha value is -1.90. The van der Waals surface area contributed by atoms with Crippen molar-refractivity contribution in [1.29, 1.82) is 0 Å². The number of thiocarbonyl (C=S) groups is 1. The van der Waals surface area contributed by atoms with E-state index < -0.39 is 0 Å². The van der Waals surface area contributed by atoms with Crippen LogP contribution in [-0.4, -0.2) is 71.0 Å². The van der Waals surface area contributed by atoms with Crippen molar-refractivity contribution in [3.8, 4) is 0 Å². The molecule has 7 nitrogen and oxygen atoms in total. The minimum absolute atomic E-state index is 0.0576. The van der Waals surface area contributed by atoms with E-state index in [9.17, 15) is 9.59 Å². The molecule has 2 aliphatic heterocycles. The van der Waals surface area contributed by atoms with Gasteiger partial charge in [-0.15, -0.1) is 0 Å². The van der Waals surface area contributed by atoms with Crippen LogP contribution in [0.4, 0.5) is 5.69 Å². The summed E-state index contributed by atoms with van der Waals surface area (Å²) in [6, 6.07) is 7.40. The Kier molecular flexibility index (Phi) is 7.91. The number of amides is 2. The lowest BCUT2D eigenvalue weighted by molar-refractivity contribution is -0.132. The van der Waals surface area contributed by atoms with Crippen LogP contribution in [0.1, 0.15) is 33.1 Å². The van der Waals surface area contributed by atoms with E-state index in [4.69, 9.17) is 23.8 Å². The Bertz CT molecular complexity index is 771. The van der Waals surface area contributed by atoms with E-state index in [1.165, 1.54) is 0 Å². The molecule has 2 fully saturated rings. The van der Waals surface area contributed by atoms with E-state index in [1.54, 1.807) is 12.1 Å². The number of hydrogen-bond donors (Lipinski definition) is 3. The van der Waals surface area contributed by atoms with Gasteiger partial charge in [0, 0.05) is 55.4 Å². The molecule has 0 aromatic heterocycles. The molecular formula is C21H30ClN5O2S. The molecule has 9 heteroatoms. The molecule has 2 amide bonds.